The predicted octanol–water partition coefficient (Wildman–Crippen LogP) is 0.800. The zero-order valence-corrected chi connectivity index (χ0v) is 11.5. The summed E-state index contributed by atoms with van der Waals surface area (Å²) in [5, 5.41) is 0. The highest BCUT2D eigenvalue weighted by molar-refractivity contribution is 5.10. The van der Waals surface area contributed by atoms with Crippen LogP contribution in [0.4, 0.5) is 0 Å². The van der Waals surface area contributed by atoms with Gasteiger partial charge >= 0.3 is 5.69 Å². The molecule has 0 aromatic carbocycles. The molecule has 2 aromatic heterocycles. The van der Waals surface area contributed by atoms with Gasteiger partial charge in [0.2, 0.25) is 0 Å². The second-order valence-electron chi connectivity index (χ2n) is 5.21. The summed E-state index contributed by atoms with van der Waals surface area (Å²) >= 11 is 0. The van der Waals surface area contributed by atoms with Crippen molar-refractivity contribution < 1.29 is 0 Å². The summed E-state index contributed by atoms with van der Waals surface area (Å²) in [6, 6.07) is 3.50. The van der Waals surface area contributed by atoms with Crippen LogP contribution in [-0.2, 0) is 6.54 Å². The van der Waals surface area contributed by atoms with Gasteiger partial charge in [-0.05, 0) is 32.8 Å². The van der Waals surface area contributed by atoms with Crippen molar-refractivity contribution in [1.82, 2.24) is 19.1 Å². The van der Waals surface area contributed by atoms with Crippen molar-refractivity contribution in [2.45, 2.75) is 39.3 Å². The molecule has 1 saturated carbocycles. The molecule has 0 bridgehead atoms. The van der Waals surface area contributed by atoms with E-state index >= 15 is 0 Å². The minimum Gasteiger partial charge on any atom is -0.297 e. The van der Waals surface area contributed by atoms with Crippen LogP contribution in [0.3, 0.4) is 0 Å². The topological polar surface area (TPSA) is 69.8 Å². The van der Waals surface area contributed by atoms with Gasteiger partial charge in [0.25, 0.3) is 5.56 Å². The lowest BCUT2D eigenvalue weighted by Crippen LogP contribution is -2.39. The third kappa shape index (κ3) is 2.41. The van der Waals surface area contributed by atoms with Crippen molar-refractivity contribution in [3.05, 3.63) is 56.4 Å². The largest absolute Gasteiger partial charge is 0.331 e. The van der Waals surface area contributed by atoms with E-state index < -0.39 is 0 Å². The summed E-state index contributed by atoms with van der Waals surface area (Å²) in [7, 11) is 0. The molecular weight excluding hydrogens is 256 g/mol. The average Bonchev–Trinajstić information content (AvgIpc) is 3.17. The Kier molecular flexibility index (Phi) is 3.00. The summed E-state index contributed by atoms with van der Waals surface area (Å²) in [6.45, 7) is 3.86. The van der Waals surface area contributed by atoms with Crippen LogP contribution in [0.5, 0.6) is 0 Å². The van der Waals surface area contributed by atoms with Crippen LogP contribution in [0, 0.1) is 13.8 Å². The maximum Gasteiger partial charge on any atom is 0.331 e. The van der Waals surface area contributed by atoms with Gasteiger partial charge in [0.1, 0.15) is 5.82 Å². The molecule has 0 aliphatic heterocycles. The first-order chi connectivity index (χ1) is 9.54. The summed E-state index contributed by atoms with van der Waals surface area (Å²) in [5.74, 6) is 0.645. The van der Waals surface area contributed by atoms with E-state index in [1.54, 1.807) is 23.8 Å². The molecule has 0 atom stereocenters. The molecule has 0 radical (unpaired) electrons. The number of aryl methyl sites for hydroxylation is 2. The number of rotatable bonds is 3. The van der Waals surface area contributed by atoms with Crippen molar-refractivity contribution in [3.8, 4) is 0 Å². The zero-order valence-electron chi connectivity index (χ0n) is 11.5. The highest BCUT2D eigenvalue weighted by Gasteiger charge is 2.25. The minimum absolute atomic E-state index is 0.190. The molecule has 1 fully saturated rings. The highest BCUT2D eigenvalue weighted by Crippen LogP contribution is 2.32. The lowest BCUT2D eigenvalue weighted by atomic mass is 10.3. The first-order valence-corrected chi connectivity index (χ1v) is 6.68. The average molecular weight is 272 g/mol. The maximum absolute atomic E-state index is 12.3. The first-order valence-electron chi connectivity index (χ1n) is 6.68. The maximum atomic E-state index is 12.3. The molecule has 0 unspecified atom stereocenters. The molecule has 20 heavy (non-hydrogen) atoms. The molecule has 2 heterocycles. The molecule has 0 amide bonds. The monoisotopic (exact) mass is 272 g/mol. The SMILES string of the molecule is Cc1cc(Cn2c(=O)ccn(C3CC3)c2=O)nc(C)n1. The van der Waals surface area contributed by atoms with E-state index in [1.807, 2.05) is 6.92 Å². The predicted molar refractivity (Wildman–Crippen MR) is 73.8 cm³/mol. The van der Waals surface area contributed by atoms with E-state index in [4.69, 9.17) is 0 Å². The first kappa shape index (κ1) is 12.8. The van der Waals surface area contributed by atoms with Crippen molar-refractivity contribution in [2.75, 3.05) is 0 Å². The Morgan fingerprint density at radius 1 is 1.25 bits per heavy atom. The van der Waals surface area contributed by atoms with E-state index in [9.17, 15) is 9.59 Å². The fourth-order valence-corrected chi connectivity index (χ4v) is 2.34. The van der Waals surface area contributed by atoms with Gasteiger partial charge in [0, 0.05) is 24.0 Å². The Labute approximate surface area is 115 Å². The number of hydrogen-bond donors (Lipinski definition) is 0. The van der Waals surface area contributed by atoms with Gasteiger partial charge in [-0.15, -0.1) is 0 Å². The lowest BCUT2D eigenvalue weighted by Gasteiger charge is -2.09. The third-order valence-corrected chi connectivity index (χ3v) is 3.37. The molecule has 1 aliphatic carbocycles. The lowest BCUT2D eigenvalue weighted by molar-refractivity contribution is 0.584. The Morgan fingerprint density at radius 3 is 2.65 bits per heavy atom. The van der Waals surface area contributed by atoms with Crippen LogP contribution in [-0.4, -0.2) is 19.1 Å². The molecule has 104 valence electrons. The van der Waals surface area contributed by atoms with Crippen LogP contribution >= 0.6 is 0 Å². The highest BCUT2D eigenvalue weighted by atomic mass is 16.2. The van der Waals surface area contributed by atoms with Gasteiger partial charge in [-0.25, -0.2) is 14.8 Å². The standard InChI is InChI=1S/C14H16N4O2/c1-9-7-11(16-10(2)15-9)8-18-13(19)5-6-17(14(18)20)12-3-4-12/h5-7,12H,3-4,8H2,1-2H3. The Hall–Kier alpha value is -2.24. The summed E-state index contributed by atoms with van der Waals surface area (Å²) in [5.41, 5.74) is 0.969. The third-order valence-electron chi connectivity index (χ3n) is 3.37. The van der Waals surface area contributed by atoms with Crippen LogP contribution in [0.1, 0.15) is 36.1 Å². The van der Waals surface area contributed by atoms with Crippen LogP contribution < -0.4 is 11.2 Å². The molecule has 0 N–H and O–H groups in total. The van der Waals surface area contributed by atoms with Crippen molar-refractivity contribution >= 4 is 0 Å². The van der Waals surface area contributed by atoms with Gasteiger partial charge in [0.15, 0.2) is 0 Å². The fourth-order valence-electron chi connectivity index (χ4n) is 2.34. The normalized spacial score (nSPS) is 14.5. The van der Waals surface area contributed by atoms with Gasteiger partial charge in [-0.3, -0.25) is 13.9 Å². The molecule has 1 aliphatic rings. The molecule has 6 nitrogen and oxygen atoms in total. The molecule has 3 rings (SSSR count). The Bertz CT molecular complexity index is 751. The van der Waals surface area contributed by atoms with Crippen LogP contribution in [0.25, 0.3) is 0 Å². The van der Waals surface area contributed by atoms with E-state index in [0.717, 1.165) is 18.5 Å². The van der Waals surface area contributed by atoms with Gasteiger partial charge in [-0.1, -0.05) is 0 Å². The van der Waals surface area contributed by atoms with Crippen molar-refractivity contribution in [2.24, 2.45) is 0 Å². The number of aromatic nitrogens is 4. The fraction of sp³-hybridized carbons (Fsp3) is 0.429. The molecule has 2 aromatic rings. The number of nitrogens with zero attached hydrogens (tertiary/aromatic N) is 4. The minimum atomic E-state index is -0.291. The Morgan fingerprint density at radius 2 is 2.00 bits per heavy atom. The second-order valence-corrected chi connectivity index (χ2v) is 5.21. The molecular formula is C14H16N4O2. The van der Waals surface area contributed by atoms with Gasteiger partial charge < -0.3 is 0 Å². The molecule has 0 spiro atoms. The quantitative estimate of drug-likeness (QED) is 0.828. The summed E-state index contributed by atoms with van der Waals surface area (Å²) in [4.78, 5) is 32.7. The summed E-state index contributed by atoms with van der Waals surface area (Å²) in [6.07, 6.45) is 3.60. The summed E-state index contributed by atoms with van der Waals surface area (Å²) < 4.78 is 2.88. The van der Waals surface area contributed by atoms with Crippen molar-refractivity contribution in [1.29, 1.82) is 0 Å². The van der Waals surface area contributed by atoms with Gasteiger partial charge in [-0.2, -0.15) is 0 Å². The van der Waals surface area contributed by atoms with Gasteiger partial charge in [0.05, 0.1) is 12.2 Å². The Balaban J connectivity index is 2.03. The van der Waals surface area contributed by atoms with Crippen molar-refractivity contribution in [3.63, 3.8) is 0 Å². The molecule has 0 saturated heterocycles. The smallest absolute Gasteiger partial charge is 0.297 e. The van der Waals surface area contributed by atoms with E-state index in [2.05, 4.69) is 9.97 Å². The van der Waals surface area contributed by atoms with Crippen LogP contribution in [0.15, 0.2) is 27.9 Å². The van der Waals surface area contributed by atoms with Crippen LogP contribution in [0.2, 0.25) is 0 Å². The van der Waals surface area contributed by atoms with E-state index in [1.165, 1.54) is 10.6 Å². The zero-order chi connectivity index (χ0) is 14.3. The van der Waals surface area contributed by atoms with E-state index in [-0.39, 0.29) is 23.8 Å². The second kappa shape index (κ2) is 4.70. The number of hydrogen-bond acceptors (Lipinski definition) is 4. The van der Waals surface area contributed by atoms with E-state index in [0.29, 0.717) is 11.5 Å². The molecule has 6 heteroatoms.